The number of aromatic amines is 1. The highest BCUT2D eigenvalue weighted by atomic mass is 16.2. The number of nitrogens with one attached hydrogen (secondary N) is 2. The molecule has 0 spiro atoms. The molecule has 1 aliphatic carbocycles. The van der Waals surface area contributed by atoms with Crippen LogP contribution in [0.25, 0.3) is 11.0 Å². The third-order valence-corrected chi connectivity index (χ3v) is 4.23. The number of aryl methyl sites for hydroxylation is 1. The molecule has 3 aromatic rings. The number of amides is 1. The van der Waals surface area contributed by atoms with Crippen molar-refractivity contribution in [1.29, 1.82) is 0 Å². The minimum Gasteiger partial charge on any atom is -0.324 e. The zero-order valence-corrected chi connectivity index (χ0v) is 12.3. The Morgan fingerprint density at radius 2 is 2.09 bits per heavy atom. The lowest BCUT2D eigenvalue weighted by atomic mass is 10.1. The first-order valence-corrected chi connectivity index (χ1v) is 7.53. The lowest BCUT2D eigenvalue weighted by molar-refractivity contribution is -0.117. The monoisotopic (exact) mass is 291 g/mol. The molecule has 0 aliphatic heterocycles. The quantitative estimate of drug-likeness (QED) is 0.774. The van der Waals surface area contributed by atoms with E-state index in [1.807, 2.05) is 24.3 Å². The van der Waals surface area contributed by atoms with E-state index in [0.717, 1.165) is 17.5 Å². The number of nitrogens with zero attached hydrogens (tertiary/aromatic N) is 1. The maximum Gasteiger partial charge on any atom is 0.230 e. The summed E-state index contributed by atoms with van der Waals surface area (Å²) in [6.07, 6.45) is 0.912. The summed E-state index contributed by atoms with van der Waals surface area (Å²) in [6.45, 7) is 2.08. The van der Waals surface area contributed by atoms with Crippen LogP contribution in [0.3, 0.4) is 0 Å². The molecule has 2 atom stereocenters. The van der Waals surface area contributed by atoms with E-state index in [-0.39, 0.29) is 11.8 Å². The molecule has 0 bridgehead atoms. The predicted molar refractivity (Wildman–Crippen MR) is 86.8 cm³/mol. The number of rotatable bonds is 3. The summed E-state index contributed by atoms with van der Waals surface area (Å²) in [7, 11) is 0. The molecule has 0 radical (unpaired) electrons. The zero-order chi connectivity index (χ0) is 15.1. The van der Waals surface area contributed by atoms with E-state index < -0.39 is 0 Å². The second-order valence-electron chi connectivity index (χ2n) is 5.95. The maximum atomic E-state index is 12.3. The van der Waals surface area contributed by atoms with Crippen molar-refractivity contribution in [3.8, 4) is 0 Å². The SMILES string of the molecule is Cc1cccc(C2CC2C(=O)Nc2nc3ccccc3[nH]2)c1. The molecule has 1 aromatic heterocycles. The Bertz CT molecular complexity index is 819. The summed E-state index contributed by atoms with van der Waals surface area (Å²) < 4.78 is 0. The molecule has 110 valence electrons. The third-order valence-electron chi connectivity index (χ3n) is 4.23. The molecule has 1 amide bonds. The van der Waals surface area contributed by atoms with Gasteiger partial charge in [-0.15, -0.1) is 0 Å². The molecule has 4 nitrogen and oxygen atoms in total. The number of hydrogen-bond donors (Lipinski definition) is 2. The van der Waals surface area contributed by atoms with Gasteiger partial charge in [0.05, 0.1) is 11.0 Å². The smallest absolute Gasteiger partial charge is 0.230 e. The van der Waals surface area contributed by atoms with Gasteiger partial charge in [0.1, 0.15) is 0 Å². The van der Waals surface area contributed by atoms with E-state index in [2.05, 4.69) is 46.5 Å². The van der Waals surface area contributed by atoms with Gasteiger partial charge in [0.25, 0.3) is 0 Å². The summed E-state index contributed by atoms with van der Waals surface area (Å²) >= 11 is 0. The van der Waals surface area contributed by atoms with Gasteiger partial charge in [-0.3, -0.25) is 10.1 Å². The van der Waals surface area contributed by atoms with E-state index in [4.69, 9.17) is 0 Å². The fraction of sp³-hybridized carbons (Fsp3) is 0.222. The molecule has 4 heteroatoms. The molecule has 4 rings (SSSR count). The van der Waals surface area contributed by atoms with Crippen LogP contribution in [0.5, 0.6) is 0 Å². The van der Waals surface area contributed by atoms with Crippen LogP contribution in [0.2, 0.25) is 0 Å². The van der Waals surface area contributed by atoms with Crippen molar-refractivity contribution in [2.24, 2.45) is 5.92 Å². The predicted octanol–water partition coefficient (Wildman–Crippen LogP) is 3.61. The highest BCUT2D eigenvalue weighted by Crippen LogP contribution is 2.48. The maximum absolute atomic E-state index is 12.3. The minimum absolute atomic E-state index is 0.0468. The van der Waals surface area contributed by atoms with Gasteiger partial charge >= 0.3 is 0 Å². The molecule has 22 heavy (non-hydrogen) atoms. The van der Waals surface area contributed by atoms with E-state index in [0.29, 0.717) is 11.9 Å². The van der Waals surface area contributed by atoms with Crippen LogP contribution in [-0.2, 0) is 4.79 Å². The molecule has 0 saturated heterocycles. The van der Waals surface area contributed by atoms with Gasteiger partial charge in [0.2, 0.25) is 11.9 Å². The molecule has 1 fully saturated rings. The zero-order valence-electron chi connectivity index (χ0n) is 12.3. The number of fused-ring (bicyclic) bond motifs is 1. The highest BCUT2D eigenvalue weighted by Gasteiger charge is 2.44. The molecule has 1 aliphatic rings. The number of aromatic nitrogens is 2. The van der Waals surface area contributed by atoms with Crippen molar-refractivity contribution in [2.45, 2.75) is 19.3 Å². The van der Waals surface area contributed by atoms with Crippen molar-refractivity contribution in [3.05, 3.63) is 59.7 Å². The molecule has 1 heterocycles. The van der Waals surface area contributed by atoms with Crippen LogP contribution in [0.15, 0.2) is 48.5 Å². The second kappa shape index (κ2) is 4.98. The van der Waals surface area contributed by atoms with Gasteiger partial charge in [-0.1, -0.05) is 42.0 Å². The van der Waals surface area contributed by atoms with Crippen LogP contribution in [-0.4, -0.2) is 15.9 Å². The molecule has 2 N–H and O–H groups in total. The van der Waals surface area contributed by atoms with Crippen LogP contribution in [0.4, 0.5) is 5.95 Å². The van der Waals surface area contributed by atoms with Crippen LogP contribution >= 0.6 is 0 Å². The van der Waals surface area contributed by atoms with Crippen molar-refractivity contribution >= 4 is 22.9 Å². The number of hydrogen-bond acceptors (Lipinski definition) is 2. The largest absolute Gasteiger partial charge is 0.324 e. The van der Waals surface area contributed by atoms with Gasteiger partial charge in [-0.2, -0.15) is 0 Å². The fourth-order valence-electron chi connectivity index (χ4n) is 2.98. The van der Waals surface area contributed by atoms with E-state index in [9.17, 15) is 4.79 Å². The average Bonchev–Trinajstić information content (AvgIpc) is 3.21. The summed E-state index contributed by atoms with van der Waals surface area (Å²) in [5, 5.41) is 2.90. The number of anilines is 1. The van der Waals surface area contributed by atoms with E-state index in [1.165, 1.54) is 11.1 Å². The van der Waals surface area contributed by atoms with Crippen LogP contribution < -0.4 is 5.32 Å². The Kier molecular flexibility index (Phi) is 2.96. The van der Waals surface area contributed by atoms with Gasteiger partial charge in [0.15, 0.2) is 0 Å². The first kappa shape index (κ1) is 13.1. The van der Waals surface area contributed by atoms with Crippen molar-refractivity contribution in [1.82, 2.24) is 9.97 Å². The van der Waals surface area contributed by atoms with Crippen LogP contribution in [0.1, 0.15) is 23.5 Å². The van der Waals surface area contributed by atoms with E-state index in [1.54, 1.807) is 0 Å². The third kappa shape index (κ3) is 2.37. The Hall–Kier alpha value is -2.62. The average molecular weight is 291 g/mol. The standard InChI is InChI=1S/C18H17N3O/c1-11-5-4-6-12(9-11)13-10-14(13)17(22)21-18-19-15-7-2-3-8-16(15)20-18/h2-9,13-14H,10H2,1H3,(H2,19,20,21,22). The van der Waals surface area contributed by atoms with Gasteiger partial charge in [-0.25, -0.2) is 4.98 Å². The number of carbonyl (C=O) groups is 1. The lowest BCUT2D eigenvalue weighted by Gasteiger charge is -2.02. The molecule has 2 unspecified atom stereocenters. The van der Waals surface area contributed by atoms with Crippen molar-refractivity contribution in [2.75, 3.05) is 5.32 Å². The highest BCUT2D eigenvalue weighted by molar-refractivity contribution is 5.95. The Morgan fingerprint density at radius 1 is 1.23 bits per heavy atom. The number of imidazole rings is 1. The Morgan fingerprint density at radius 3 is 2.91 bits per heavy atom. The summed E-state index contributed by atoms with van der Waals surface area (Å²) in [5.74, 6) is 0.964. The fourth-order valence-corrected chi connectivity index (χ4v) is 2.98. The minimum atomic E-state index is 0.0468. The second-order valence-corrected chi connectivity index (χ2v) is 5.95. The number of benzene rings is 2. The van der Waals surface area contributed by atoms with Crippen LogP contribution in [0, 0.1) is 12.8 Å². The van der Waals surface area contributed by atoms with Crippen molar-refractivity contribution < 1.29 is 4.79 Å². The summed E-state index contributed by atoms with van der Waals surface area (Å²) in [5.41, 5.74) is 4.29. The molecular weight excluding hydrogens is 274 g/mol. The summed E-state index contributed by atoms with van der Waals surface area (Å²) in [6, 6.07) is 16.2. The van der Waals surface area contributed by atoms with Crippen molar-refractivity contribution in [3.63, 3.8) is 0 Å². The Labute approximate surface area is 128 Å². The topological polar surface area (TPSA) is 57.8 Å². The van der Waals surface area contributed by atoms with Gasteiger partial charge < -0.3 is 4.98 Å². The summed E-state index contributed by atoms with van der Waals surface area (Å²) in [4.78, 5) is 19.9. The number of para-hydroxylation sites is 2. The lowest BCUT2D eigenvalue weighted by Crippen LogP contribution is -2.15. The van der Waals surface area contributed by atoms with Gasteiger partial charge in [-0.05, 0) is 37.0 Å². The number of carbonyl (C=O) groups excluding carboxylic acids is 1. The van der Waals surface area contributed by atoms with E-state index >= 15 is 0 Å². The Balaban J connectivity index is 1.47. The normalized spacial score (nSPS) is 20.0. The molecule has 1 saturated carbocycles. The molecule has 2 aromatic carbocycles. The first-order chi connectivity index (χ1) is 10.7. The number of H-pyrrole nitrogens is 1. The molecular formula is C18H17N3O. The first-order valence-electron chi connectivity index (χ1n) is 7.53. The van der Waals surface area contributed by atoms with Gasteiger partial charge in [0, 0.05) is 5.92 Å².